The number of ether oxygens (including phenoxy) is 3. The van der Waals surface area contributed by atoms with Gasteiger partial charge in [0.1, 0.15) is 6.61 Å². The van der Waals surface area contributed by atoms with Crippen molar-refractivity contribution >= 4 is 23.4 Å². The van der Waals surface area contributed by atoms with Crippen molar-refractivity contribution in [2.45, 2.75) is 26.8 Å². The molecule has 8 heteroatoms. The topological polar surface area (TPSA) is 79.1 Å². The van der Waals surface area contributed by atoms with Gasteiger partial charge in [-0.05, 0) is 50.1 Å². The van der Waals surface area contributed by atoms with Crippen LogP contribution in [0.5, 0.6) is 11.5 Å². The number of hydrogen-bond donors (Lipinski definition) is 0. The number of thiazole rings is 1. The summed E-state index contributed by atoms with van der Waals surface area (Å²) in [5.41, 5.74) is 3.35. The van der Waals surface area contributed by atoms with E-state index in [0.717, 1.165) is 16.7 Å². The molecule has 0 saturated heterocycles. The van der Waals surface area contributed by atoms with E-state index in [1.807, 2.05) is 43.3 Å². The predicted octanol–water partition coefficient (Wildman–Crippen LogP) is 3.68. The number of methoxy groups -OCH3 is 1. The fraction of sp³-hybridized carbons (Fsp3) is 0.250. The van der Waals surface area contributed by atoms with E-state index in [0.29, 0.717) is 38.7 Å². The Hall–Kier alpha value is -3.91. The second kappa shape index (κ2) is 10.8. The number of aromatic nitrogens is 1. The third-order valence-electron chi connectivity index (χ3n) is 5.75. The number of hydrogen-bond acceptors (Lipinski definition) is 7. The van der Waals surface area contributed by atoms with Crippen LogP contribution in [-0.4, -0.2) is 30.9 Å². The second-order valence-corrected chi connectivity index (χ2v) is 9.23. The van der Waals surface area contributed by atoms with E-state index in [-0.39, 0.29) is 12.2 Å². The SMILES string of the molecule is C=CCOc1ccc(/C=c2\sc3n(c2=O)[C@@H](c2ccc(C)cc2)C(C(=O)OCC)=C(C)N=3)cc1OC. The van der Waals surface area contributed by atoms with Gasteiger partial charge in [0.15, 0.2) is 16.3 Å². The normalized spacial score (nSPS) is 15.2. The largest absolute Gasteiger partial charge is 0.493 e. The molecule has 7 nitrogen and oxygen atoms in total. The predicted molar refractivity (Wildman–Crippen MR) is 140 cm³/mol. The van der Waals surface area contributed by atoms with Gasteiger partial charge in [0.05, 0.1) is 35.6 Å². The fourth-order valence-corrected chi connectivity index (χ4v) is 5.10. The molecule has 2 heterocycles. The van der Waals surface area contributed by atoms with Crippen molar-refractivity contribution < 1.29 is 19.0 Å². The van der Waals surface area contributed by atoms with E-state index in [1.54, 1.807) is 43.7 Å². The molecule has 186 valence electrons. The standard InChI is InChI=1S/C28H28N2O5S/c1-6-14-35-21-13-10-19(15-22(21)33-5)16-23-26(31)30-25(20-11-8-17(3)9-12-20)24(27(32)34-7-2)18(4)29-28(30)36-23/h6,8-13,15-16,25H,1,7,14H2,2-5H3/b23-16-/t25-/m0/s1. The van der Waals surface area contributed by atoms with Gasteiger partial charge in [-0.25, -0.2) is 9.79 Å². The van der Waals surface area contributed by atoms with Crippen molar-refractivity contribution in [3.05, 3.63) is 103 Å². The quantitative estimate of drug-likeness (QED) is 0.345. The smallest absolute Gasteiger partial charge is 0.338 e. The number of rotatable bonds is 8. The number of carbonyl (C=O) groups is 1. The van der Waals surface area contributed by atoms with E-state index in [9.17, 15) is 9.59 Å². The molecular formula is C28H28N2O5S. The molecule has 2 aromatic carbocycles. The monoisotopic (exact) mass is 504 g/mol. The van der Waals surface area contributed by atoms with Gasteiger partial charge in [0.25, 0.3) is 5.56 Å². The molecule has 1 aliphatic heterocycles. The number of fused-ring (bicyclic) bond motifs is 1. The first-order valence-corrected chi connectivity index (χ1v) is 12.4. The van der Waals surface area contributed by atoms with Crippen molar-refractivity contribution in [2.24, 2.45) is 4.99 Å². The Morgan fingerprint density at radius 2 is 1.92 bits per heavy atom. The zero-order valence-corrected chi connectivity index (χ0v) is 21.6. The minimum atomic E-state index is -0.632. The summed E-state index contributed by atoms with van der Waals surface area (Å²) < 4.78 is 18.5. The molecule has 4 rings (SSSR count). The van der Waals surface area contributed by atoms with Gasteiger partial charge in [-0.3, -0.25) is 9.36 Å². The number of carbonyl (C=O) groups excluding carboxylic acids is 1. The Bertz CT molecular complexity index is 1510. The van der Waals surface area contributed by atoms with Gasteiger partial charge in [-0.15, -0.1) is 0 Å². The average Bonchev–Trinajstić information content (AvgIpc) is 3.17. The first-order valence-electron chi connectivity index (χ1n) is 11.6. The summed E-state index contributed by atoms with van der Waals surface area (Å²) in [4.78, 5) is 31.8. The van der Waals surface area contributed by atoms with Crippen molar-refractivity contribution in [1.29, 1.82) is 0 Å². The first kappa shape index (κ1) is 25.2. The number of allylic oxidation sites excluding steroid dienone is 1. The molecule has 1 aromatic heterocycles. The van der Waals surface area contributed by atoms with Crippen molar-refractivity contribution in [1.82, 2.24) is 4.57 Å². The molecule has 0 amide bonds. The van der Waals surface area contributed by atoms with Crippen LogP contribution in [0.25, 0.3) is 6.08 Å². The maximum Gasteiger partial charge on any atom is 0.338 e. The minimum Gasteiger partial charge on any atom is -0.493 e. The zero-order valence-electron chi connectivity index (χ0n) is 20.7. The lowest BCUT2D eigenvalue weighted by Gasteiger charge is -2.24. The average molecular weight is 505 g/mol. The molecule has 0 saturated carbocycles. The van der Waals surface area contributed by atoms with Gasteiger partial charge >= 0.3 is 5.97 Å². The van der Waals surface area contributed by atoms with Gasteiger partial charge in [0, 0.05) is 0 Å². The molecule has 3 aromatic rings. The van der Waals surface area contributed by atoms with Gasteiger partial charge < -0.3 is 14.2 Å². The van der Waals surface area contributed by atoms with E-state index < -0.39 is 12.0 Å². The third-order valence-corrected chi connectivity index (χ3v) is 6.74. The number of aryl methyl sites for hydroxylation is 1. The van der Waals surface area contributed by atoms with Crippen LogP contribution in [0.4, 0.5) is 0 Å². The maximum atomic E-state index is 13.7. The summed E-state index contributed by atoms with van der Waals surface area (Å²) in [5, 5.41) is 0. The lowest BCUT2D eigenvalue weighted by atomic mass is 9.95. The number of benzene rings is 2. The molecule has 0 N–H and O–H groups in total. The molecule has 0 aliphatic carbocycles. The van der Waals surface area contributed by atoms with Crippen molar-refractivity contribution in [3.63, 3.8) is 0 Å². The van der Waals surface area contributed by atoms with Crippen LogP contribution in [-0.2, 0) is 9.53 Å². The Kier molecular flexibility index (Phi) is 7.55. The first-order chi connectivity index (χ1) is 17.4. The van der Waals surface area contributed by atoms with Gasteiger partial charge in [0.2, 0.25) is 0 Å². The molecule has 0 spiro atoms. The lowest BCUT2D eigenvalue weighted by Crippen LogP contribution is -2.39. The second-order valence-electron chi connectivity index (χ2n) is 8.22. The lowest BCUT2D eigenvalue weighted by molar-refractivity contribution is -0.139. The molecule has 1 atom stereocenters. The fourth-order valence-electron chi connectivity index (χ4n) is 4.05. The van der Waals surface area contributed by atoms with Crippen LogP contribution >= 0.6 is 11.3 Å². The maximum absolute atomic E-state index is 13.7. The molecular weight excluding hydrogens is 476 g/mol. The van der Waals surface area contributed by atoms with E-state index in [4.69, 9.17) is 14.2 Å². The Morgan fingerprint density at radius 3 is 2.58 bits per heavy atom. The van der Waals surface area contributed by atoms with Crippen LogP contribution in [0.2, 0.25) is 0 Å². The third kappa shape index (κ3) is 4.90. The summed E-state index contributed by atoms with van der Waals surface area (Å²) in [6.45, 7) is 9.77. The van der Waals surface area contributed by atoms with Crippen LogP contribution in [0.1, 0.15) is 36.6 Å². The molecule has 1 aliphatic rings. The Morgan fingerprint density at radius 1 is 1.17 bits per heavy atom. The molecule has 0 radical (unpaired) electrons. The van der Waals surface area contributed by atoms with Crippen molar-refractivity contribution in [3.8, 4) is 11.5 Å². The minimum absolute atomic E-state index is 0.231. The highest BCUT2D eigenvalue weighted by Gasteiger charge is 2.33. The molecule has 0 fully saturated rings. The number of esters is 1. The van der Waals surface area contributed by atoms with Crippen LogP contribution in [0.15, 0.2) is 76.2 Å². The summed E-state index contributed by atoms with van der Waals surface area (Å²) in [6, 6.07) is 12.6. The van der Waals surface area contributed by atoms with E-state index in [1.165, 1.54) is 11.3 Å². The van der Waals surface area contributed by atoms with Gasteiger partial charge in [-0.2, -0.15) is 0 Å². The Labute approximate surface area is 213 Å². The molecule has 0 unspecified atom stereocenters. The highest BCUT2D eigenvalue weighted by atomic mass is 32.1. The van der Waals surface area contributed by atoms with Crippen molar-refractivity contribution in [2.75, 3.05) is 20.3 Å². The summed E-state index contributed by atoms with van der Waals surface area (Å²) in [6.07, 6.45) is 3.45. The highest BCUT2D eigenvalue weighted by molar-refractivity contribution is 7.07. The summed E-state index contributed by atoms with van der Waals surface area (Å²) in [7, 11) is 1.56. The van der Waals surface area contributed by atoms with Crippen LogP contribution < -0.4 is 24.4 Å². The van der Waals surface area contributed by atoms with E-state index in [2.05, 4.69) is 11.6 Å². The summed E-state index contributed by atoms with van der Waals surface area (Å²) >= 11 is 1.28. The summed E-state index contributed by atoms with van der Waals surface area (Å²) in [5.74, 6) is 0.667. The molecule has 36 heavy (non-hydrogen) atoms. The van der Waals surface area contributed by atoms with Gasteiger partial charge in [-0.1, -0.05) is 59.9 Å². The number of nitrogens with zero attached hydrogens (tertiary/aromatic N) is 2. The highest BCUT2D eigenvalue weighted by Crippen LogP contribution is 2.31. The van der Waals surface area contributed by atoms with E-state index >= 15 is 0 Å². The van der Waals surface area contributed by atoms with Crippen LogP contribution in [0.3, 0.4) is 0 Å². The zero-order chi connectivity index (χ0) is 25.8. The Balaban J connectivity index is 1.87. The van der Waals surface area contributed by atoms with Crippen LogP contribution in [0, 0.1) is 6.92 Å². The molecule has 0 bridgehead atoms.